The molecule has 0 aromatic carbocycles. The zero-order valence-corrected chi connectivity index (χ0v) is 13.4. The molecule has 21 heavy (non-hydrogen) atoms. The van der Waals surface area contributed by atoms with Gasteiger partial charge in [-0.25, -0.2) is 9.78 Å². The van der Waals surface area contributed by atoms with Crippen LogP contribution in [0.15, 0.2) is 0 Å². The normalized spacial score (nSPS) is 16.5. The highest BCUT2D eigenvalue weighted by molar-refractivity contribution is 7.17. The number of aromatic carboxylic acids is 1. The Hall–Kier alpha value is -1.47. The first-order valence-electron chi connectivity index (χ1n) is 7.11. The molecule has 0 aliphatic carbocycles. The average molecular weight is 311 g/mol. The summed E-state index contributed by atoms with van der Waals surface area (Å²) in [6.07, 6.45) is 0. The fraction of sp³-hybridized carbons (Fsp3) is 0.643. The number of carboxylic acid groups (broad SMARTS) is 1. The maximum Gasteiger partial charge on any atom is 0.356 e. The molecule has 2 rings (SSSR count). The highest BCUT2D eigenvalue weighted by Crippen LogP contribution is 2.27. The summed E-state index contributed by atoms with van der Waals surface area (Å²) >= 11 is 1.18. The van der Waals surface area contributed by atoms with E-state index in [1.54, 1.807) is 0 Å². The molecule has 0 amide bonds. The van der Waals surface area contributed by atoms with Gasteiger partial charge in [0.15, 0.2) is 16.6 Å². The molecule has 7 heteroatoms. The summed E-state index contributed by atoms with van der Waals surface area (Å²) in [5.74, 6) is -0.741. The first kappa shape index (κ1) is 15.9. The van der Waals surface area contributed by atoms with Gasteiger partial charge in [-0.1, -0.05) is 25.2 Å². The second kappa shape index (κ2) is 6.53. The largest absolute Gasteiger partial charge is 0.476 e. The highest BCUT2D eigenvalue weighted by Gasteiger charge is 2.25. The van der Waals surface area contributed by atoms with Crippen molar-refractivity contribution in [2.24, 2.45) is 5.92 Å². The molecule has 0 saturated carbocycles. The molecule has 1 fully saturated rings. The average Bonchev–Trinajstić information content (AvgIpc) is 2.84. The van der Waals surface area contributed by atoms with Crippen molar-refractivity contribution in [1.82, 2.24) is 9.88 Å². The molecule has 6 nitrogen and oxygen atoms in total. The van der Waals surface area contributed by atoms with Crippen LogP contribution in [0, 0.1) is 5.92 Å². The minimum absolute atomic E-state index is 0.118. The Morgan fingerprint density at radius 3 is 2.33 bits per heavy atom. The Morgan fingerprint density at radius 1 is 1.29 bits per heavy atom. The molecule has 1 aliphatic rings. The number of carbonyl (C=O) groups excluding carboxylic acids is 1. The van der Waals surface area contributed by atoms with Crippen molar-refractivity contribution >= 4 is 28.2 Å². The number of hydrogen-bond acceptors (Lipinski definition) is 6. The smallest absolute Gasteiger partial charge is 0.356 e. The SMILES string of the molecule is CC(=O)c1sc(N2CCN(CC(C)C)CC2)nc1C(=O)O. The van der Waals surface area contributed by atoms with Crippen molar-refractivity contribution in [3.63, 3.8) is 0 Å². The van der Waals surface area contributed by atoms with Crippen LogP contribution in [0.5, 0.6) is 0 Å². The number of aromatic nitrogens is 1. The number of ketones is 1. The summed E-state index contributed by atoms with van der Waals surface area (Å²) < 4.78 is 0. The van der Waals surface area contributed by atoms with Crippen molar-refractivity contribution in [1.29, 1.82) is 0 Å². The van der Waals surface area contributed by atoms with E-state index in [-0.39, 0.29) is 16.4 Å². The molecule has 0 unspecified atom stereocenters. The Balaban J connectivity index is 2.08. The molecule has 1 saturated heterocycles. The number of thiazole rings is 1. The van der Waals surface area contributed by atoms with Gasteiger partial charge in [-0.15, -0.1) is 0 Å². The third-order valence-corrected chi connectivity index (χ3v) is 4.62. The summed E-state index contributed by atoms with van der Waals surface area (Å²) in [6, 6.07) is 0. The van der Waals surface area contributed by atoms with Gasteiger partial charge in [0, 0.05) is 39.6 Å². The number of carbonyl (C=O) groups is 2. The first-order valence-corrected chi connectivity index (χ1v) is 7.92. The van der Waals surface area contributed by atoms with Crippen molar-refractivity contribution < 1.29 is 14.7 Å². The molecule has 0 spiro atoms. The number of rotatable bonds is 5. The van der Waals surface area contributed by atoms with Gasteiger partial charge in [0.25, 0.3) is 0 Å². The van der Waals surface area contributed by atoms with Crippen molar-refractivity contribution in [2.45, 2.75) is 20.8 Å². The van der Waals surface area contributed by atoms with E-state index < -0.39 is 5.97 Å². The van der Waals surface area contributed by atoms with Crippen molar-refractivity contribution in [2.75, 3.05) is 37.6 Å². The Kier molecular flexibility index (Phi) is 4.95. The van der Waals surface area contributed by atoms with Crippen LogP contribution in [-0.4, -0.2) is 59.5 Å². The first-order chi connectivity index (χ1) is 9.88. The Bertz CT molecular complexity index is 502. The standard InChI is InChI=1S/C14H21N3O3S/c1-9(2)8-16-4-6-17(7-5-16)14-15-11(13(19)20)12(21-14)10(3)18/h9H,4-8H2,1-3H3,(H,19,20). The summed E-state index contributed by atoms with van der Waals surface area (Å²) in [5, 5.41) is 9.77. The molecule has 2 heterocycles. The predicted molar refractivity (Wildman–Crippen MR) is 82.6 cm³/mol. The van der Waals surface area contributed by atoms with Crippen LogP contribution >= 0.6 is 11.3 Å². The molecule has 0 atom stereocenters. The molecule has 0 bridgehead atoms. The molecule has 1 N–H and O–H groups in total. The van der Waals surface area contributed by atoms with Crippen LogP contribution in [-0.2, 0) is 0 Å². The van der Waals surface area contributed by atoms with Gasteiger partial charge in [-0.05, 0) is 5.92 Å². The minimum atomic E-state index is -1.14. The predicted octanol–water partition coefficient (Wildman–Crippen LogP) is 1.82. The van der Waals surface area contributed by atoms with Gasteiger partial charge < -0.3 is 10.0 Å². The number of nitrogens with zero attached hydrogens (tertiary/aromatic N) is 3. The van der Waals surface area contributed by atoms with E-state index in [2.05, 4.69) is 28.6 Å². The lowest BCUT2D eigenvalue weighted by atomic mass is 10.2. The van der Waals surface area contributed by atoms with Crippen LogP contribution < -0.4 is 4.90 Å². The molecule has 0 radical (unpaired) electrons. The van der Waals surface area contributed by atoms with E-state index in [4.69, 9.17) is 5.11 Å². The van der Waals surface area contributed by atoms with E-state index in [1.165, 1.54) is 18.3 Å². The number of Topliss-reactive ketones (excluding diaryl/α,β-unsaturated/α-hetero) is 1. The fourth-order valence-corrected chi connectivity index (χ4v) is 3.47. The number of piperazine rings is 1. The van der Waals surface area contributed by atoms with Gasteiger partial charge in [0.2, 0.25) is 0 Å². The Labute approximate surface area is 128 Å². The van der Waals surface area contributed by atoms with Crippen molar-refractivity contribution in [3.05, 3.63) is 10.6 Å². The second-order valence-corrected chi connectivity index (χ2v) is 6.69. The van der Waals surface area contributed by atoms with E-state index in [0.29, 0.717) is 11.0 Å². The van der Waals surface area contributed by atoms with E-state index in [1.807, 2.05) is 0 Å². The third-order valence-electron chi connectivity index (χ3n) is 3.40. The minimum Gasteiger partial charge on any atom is -0.476 e. The van der Waals surface area contributed by atoms with Crippen LogP contribution in [0.4, 0.5) is 5.13 Å². The van der Waals surface area contributed by atoms with Gasteiger partial charge in [0.1, 0.15) is 4.88 Å². The van der Waals surface area contributed by atoms with Crippen LogP contribution in [0.25, 0.3) is 0 Å². The van der Waals surface area contributed by atoms with Crippen LogP contribution in [0.1, 0.15) is 40.9 Å². The number of anilines is 1. The topological polar surface area (TPSA) is 73.7 Å². The van der Waals surface area contributed by atoms with Crippen molar-refractivity contribution in [3.8, 4) is 0 Å². The monoisotopic (exact) mass is 311 g/mol. The quantitative estimate of drug-likeness (QED) is 0.836. The molecule has 1 aliphatic heterocycles. The zero-order valence-electron chi connectivity index (χ0n) is 12.6. The number of carboxylic acids is 1. The molecular weight excluding hydrogens is 290 g/mol. The Morgan fingerprint density at radius 2 is 1.90 bits per heavy atom. The molecular formula is C14H21N3O3S. The summed E-state index contributed by atoms with van der Waals surface area (Å²) in [7, 11) is 0. The summed E-state index contributed by atoms with van der Waals surface area (Å²) in [4.78, 5) is 31.5. The van der Waals surface area contributed by atoms with E-state index >= 15 is 0 Å². The second-order valence-electron chi connectivity index (χ2n) is 5.72. The third kappa shape index (κ3) is 3.79. The lowest BCUT2D eigenvalue weighted by molar-refractivity contribution is 0.0687. The molecule has 116 valence electrons. The fourth-order valence-electron chi connectivity index (χ4n) is 2.47. The van der Waals surface area contributed by atoms with Gasteiger partial charge in [0.05, 0.1) is 0 Å². The van der Waals surface area contributed by atoms with Gasteiger partial charge in [-0.2, -0.15) is 0 Å². The van der Waals surface area contributed by atoms with E-state index in [0.717, 1.165) is 32.7 Å². The van der Waals surface area contributed by atoms with E-state index in [9.17, 15) is 9.59 Å². The number of hydrogen-bond donors (Lipinski definition) is 1. The summed E-state index contributed by atoms with van der Waals surface area (Å²) in [6.45, 7) is 10.4. The zero-order chi connectivity index (χ0) is 15.6. The highest BCUT2D eigenvalue weighted by atomic mass is 32.1. The van der Waals surface area contributed by atoms with Crippen LogP contribution in [0.3, 0.4) is 0 Å². The van der Waals surface area contributed by atoms with Gasteiger partial charge >= 0.3 is 5.97 Å². The maximum absolute atomic E-state index is 11.5. The molecule has 1 aromatic rings. The maximum atomic E-state index is 11.5. The lowest BCUT2D eigenvalue weighted by Crippen LogP contribution is -2.47. The van der Waals surface area contributed by atoms with Gasteiger partial charge in [-0.3, -0.25) is 9.69 Å². The van der Waals surface area contributed by atoms with Crippen LogP contribution in [0.2, 0.25) is 0 Å². The molecule has 1 aromatic heterocycles. The summed E-state index contributed by atoms with van der Waals surface area (Å²) in [5.41, 5.74) is -0.118. The lowest BCUT2D eigenvalue weighted by Gasteiger charge is -2.35.